The third kappa shape index (κ3) is 13.1. The molecule has 3 aliphatic rings. The number of hydrogen-bond acceptors (Lipinski definition) is 16. The zero-order valence-corrected chi connectivity index (χ0v) is 47.1. The number of cyclic esters (lactones) is 1. The van der Waals surface area contributed by atoms with Gasteiger partial charge in [0.05, 0.1) is 41.6 Å². The number of benzene rings is 1. The molecule has 0 aliphatic carbocycles. The SMILES string of the molecule is CO[C@]1(C)C[C@@H](C)C(=O)[C@H](C)[C@H]2N(CCCCn3cnc(-c4cccnc4)c3)C(=O)O[C@]2(C)[C@@H](I)OC(=O)[C@H](C)C(=O)[C@H](C)[C@H]1O[C@@H]1O[C@H](C)C[C@H](N(C)CCc2cn(CCc3ccc([S+](C)[O-])cc3)nn2)[C@H]1O. The second-order valence-corrected chi connectivity index (χ2v) is 23.3. The summed E-state index contributed by atoms with van der Waals surface area (Å²) >= 11 is 0.896. The van der Waals surface area contributed by atoms with Crippen LogP contribution in [0.25, 0.3) is 11.3 Å². The first-order chi connectivity index (χ1) is 35.1. The number of fused-ring (bicyclic) bond motifs is 1. The Morgan fingerprint density at radius 1 is 0.973 bits per heavy atom. The number of aromatic nitrogens is 6. The molecule has 14 atom stereocenters. The molecular formula is C53H73IN8O11S. The van der Waals surface area contributed by atoms with Crippen molar-refractivity contribution >= 4 is 57.4 Å². The van der Waals surface area contributed by atoms with E-state index in [2.05, 4.69) is 20.3 Å². The van der Waals surface area contributed by atoms with Crippen molar-refractivity contribution < 1.29 is 52.5 Å². The van der Waals surface area contributed by atoms with E-state index >= 15 is 0 Å². The third-order valence-corrected chi connectivity index (χ3v) is 17.7. The summed E-state index contributed by atoms with van der Waals surface area (Å²) in [4.78, 5) is 70.5. The molecule has 0 spiro atoms. The Bertz CT molecular complexity index is 2540. The van der Waals surface area contributed by atoms with Crippen molar-refractivity contribution in [3.63, 3.8) is 0 Å². The Morgan fingerprint density at radius 2 is 1.70 bits per heavy atom. The summed E-state index contributed by atoms with van der Waals surface area (Å²) in [6.45, 7) is 14.1. The van der Waals surface area contributed by atoms with Crippen LogP contribution in [0.2, 0.25) is 0 Å². The Balaban J connectivity index is 1.04. The molecule has 1 aromatic carbocycles. The van der Waals surface area contributed by atoms with Crippen molar-refractivity contribution in [2.75, 3.05) is 33.5 Å². The van der Waals surface area contributed by atoms with Crippen molar-refractivity contribution in [3.8, 4) is 11.3 Å². The van der Waals surface area contributed by atoms with Gasteiger partial charge in [0.2, 0.25) is 0 Å². The topological polar surface area (TPSA) is 226 Å². The average Bonchev–Trinajstić information content (AvgIpc) is 4.13. The highest BCUT2D eigenvalue weighted by molar-refractivity contribution is 14.1. The number of aliphatic hydroxyl groups excluding tert-OH is 1. The standard InChI is InChI=1S/C53H73IN8O11S/c1-32-27-52(6,69-9)47(71-49-45(65)42(26-33(2)70-49)59(8)24-20-39-29-61(58-57-39)25-19-37-15-17-40(18-16-37)74(10)68)35(4)44(64)36(5)48(66)72-50(54)53(7)46(34(3)43(32)63)62(51(67)73-53)23-12-11-22-60-30-41(56-31-60)38-14-13-21-55-28-38/h13-18,21,28-36,42,45-47,49-50,65H,11-12,19-20,22-27H2,1-10H3/t32-,33-,34+,35+,36-,42+,45-,46-,47-,49+,50+,52-,53+,74?/m1/s1. The Labute approximate surface area is 451 Å². The predicted molar refractivity (Wildman–Crippen MR) is 283 cm³/mol. The maximum Gasteiger partial charge on any atom is 0.410 e. The number of ether oxygens (including phenoxy) is 5. The first-order valence-corrected chi connectivity index (χ1v) is 28.3. The van der Waals surface area contributed by atoms with Crippen LogP contribution in [0.5, 0.6) is 0 Å². The molecule has 74 heavy (non-hydrogen) atoms. The van der Waals surface area contributed by atoms with Crippen molar-refractivity contribution in [1.29, 1.82) is 0 Å². The van der Waals surface area contributed by atoms with E-state index in [4.69, 9.17) is 23.7 Å². The second-order valence-electron chi connectivity index (χ2n) is 20.8. The minimum Gasteiger partial charge on any atom is -0.612 e. The molecule has 0 saturated carbocycles. The lowest BCUT2D eigenvalue weighted by molar-refractivity contribution is -0.296. The molecule has 1 unspecified atom stereocenters. The number of unbranched alkanes of at least 4 members (excludes halogenated alkanes) is 1. The molecule has 0 radical (unpaired) electrons. The molecular weight excluding hydrogens is 1080 g/mol. The molecule has 404 valence electrons. The summed E-state index contributed by atoms with van der Waals surface area (Å²) in [7, 11) is 3.41. The summed E-state index contributed by atoms with van der Waals surface area (Å²) in [5.74, 6) is -5.29. The zero-order valence-electron chi connectivity index (χ0n) is 44.2. The number of likely N-dealkylation sites (N-methyl/N-ethyl adjacent to an activating group) is 1. The maximum absolute atomic E-state index is 14.9. The van der Waals surface area contributed by atoms with Gasteiger partial charge in [0.1, 0.15) is 24.1 Å². The highest BCUT2D eigenvalue weighted by Gasteiger charge is 2.60. The van der Waals surface area contributed by atoms with Crippen molar-refractivity contribution in [1.82, 2.24) is 39.3 Å². The number of Topliss-reactive ketones (excluding diaryl/α,β-unsaturated/α-hetero) is 2. The van der Waals surface area contributed by atoms with E-state index in [1.54, 1.807) is 69.2 Å². The summed E-state index contributed by atoms with van der Waals surface area (Å²) in [6, 6.07) is 10.3. The molecule has 3 saturated heterocycles. The van der Waals surface area contributed by atoms with Gasteiger partial charge in [0.15, 0.2) is 26.7 Å². The number of nitrogens with zero attached hydrogens (tertiary/aromatic N) is 8. The molecule has 1 amide bonds. The fraction of sp³-hybridized carbons (Fsp3) is 0.623. The number of aryl methyl sites for hydroxylation is 3. The summed E-state index contributed by atoms with van der Waals surface area (Å²) < 4.78 is 46.1. The van der Waals surface area contributed by atoms with Gasteiger partial charge in [0, 0.05) is 93.9 Å². The fourth-order valence-electron chi connectivity index (χ4n) is 10.9. The molecule has 21 heteroatoms. The Hall–Kier alpha value is -4.36. The van der Waals surface area contributed by atoms with Crippen LogP contribution >= 0.6 is 22.6 Å². The molecule has 1 N–H and O–H groups in total. The lowest BCUT2D eigenvalue weighted by Crippen LogP contribution is -2.60. The van der Waals surface area contributed by atoms with Crippen LogP contribution in [0, 0.1) is 23.7 Å². The molecule has 19 nitrogen and oxygen atoms in total. The number of alkyl halides is 1. The summed E-state index contributed by atoms with van der Waals surface area (Å²) in [6.07, 6.45) is 9.39. The molecule has 7 rings (SSSR count). The van der Waals surface area contributed by atoms with Crippen LogP contribution in [0.15, 0.2) is 72.4 Å². The van der Waals surface area contributed by atoms with Crippen LogP contribution in [-0.4, -0.2) is 158 Å². The van der Waals surface area contributed by atoms with Gasteiger partial charge in [-0.3, -0.25) is 24.0 Å². The minimum absolute atomic E-state index is 0.0846. The van der Waals surface area contributed by atoms with Crippen LogP contribution in [-0.2, 0) is 75.2 Å². The van der Waals surface area contributed by atoms with Gasteiger partial charge >= 0.3 is 12.1 Å². The number of halogens is 1. The summed E-state index contributed by atoms with van der Waals surface area (Å²) in [5.41, 5.74) is 0.806. The van der Waals surface area contributed by atoms with E-state index in [0.29, 0.717) is 45.3 Å². The van der Waals surface area contributed by atoms with Gasteiger partial charge < -0.3 is 47.7 Å². The van der Waals surface area contributed by atoms with Gasteiger partial charge in [-0.1, -0.05) is 38.1 Å². The highest BCUT2D eigenvalue weighted by Crippen LogP contribution is 2.44. The maximum atomic E-state index is 14.9. The molecule has 3 fully saturated rings. The normalized spacial score (nSPS) is 31.8. The number of hydrogen-bond donors (Lipinski definition) is 1. The van der Waals surface area contributed by atoms with Crippen molar-refractivity contribution in [2.24, 2.45) is 23.7 Å². The molecule has 6 heterocycles. The van der Waals surface area contributed by atoms with E-state index in [1.807, 2.05) is 94.8 Å². The van der Waals surface area contributed by atoms with Gasteiger partial charge in [-0.25, -0.2) is 9.78 Å². The average molecular weight is 1160 g/mol. The number of carbonyl (C=O) groups excluding carboxylic acids is 4. The Kier molecular flexibility index (Phi) is 19.2. The third-order valence-electron chi connectivity index (χ3n) is 15.3. The van der Waals surface area contributed by atoms with E-state index in [0.717, 1.165) is 33.8 Å². The first kappa shape index (κ1) is 57.3. The second kappa shape index (κ2) is 24.8. The highest BCUT2D eigenvalue weighted by atomic mass is 127. The number of aliphatic hydroxyl groups is 1. The lowest BCUT2D eigenvalue weighted by Gasteiger charge is -2.47. The minimum atomic E-state index is -1.46. The lowest BCUT2D eigenvalue weighted by atomic mass is 9.74. The van der Waals surface area contributed by atoms with Crippen LogP contribution in [0.3, 0.4) is 0 Å². The first-order valence-electron chi connectivity index (χ1n) is 25.5. The number of amides is 1. The number of rotatable bonds is 17. The smallest absolute Gasteiger partial charge is 0.410 e. The number of esters is 1. The number of ketones is 2. The van der Waals surface area contributed by atoms with Crippen LogP contribution < -0.4 is 0 Å². The van der Waals surface area contributed by atoms with Gasteiger partial charge in [-0.15, -0.1) is 5.10 Å². The van der Waals surface area contributed by atoms with E-state index < -0.39 is 98.6 Å². The monoisotopic (exact) mass is 1160 g/mol. The zero-order chi connectivity index (χ0) is 53.6. The predicted octanol–water partition coefficient (Wildman–Crippen LogP) is 6.10. The molecule has 3 aliphatic heterocycles. The van der Waals surface area contributed by atoms with Crippen molar-refractivity contribution in [3.05, 3.63) is 78.8 Å². The molecule has 3 aromatic heterocycles. The van der Waals surface area contributed by atoms with Crippen LogP contribution in [0.4, 0.5) is 4.79 Å². The van der Waals surface area contributed by atoms with Gasteiger partial charge in [-0.05, 0) is 130 Å². The largest absolute Gasteiger partial charge is 0.612 e. The van der Waals surface area contributed by atoms with E-state index in [-0.39, 0.29) is 24.9 Å². The molecule has 0 bridgehead atoms. The quantitative estimate of drug-likeness (QED) is 0.0315. The van der Waals surface area contributed by atoms with Crippen LogP contribution in [0.1, 0.15) is 85.4 Å². The van der Waals surface area contributed by atoms with Gasteiger partial charge in [-0.2, -0.15) is 0 Å². The van der Waals surface area contributed by atoms with E-state index in [1.165, 1.54) is 14.0 Å². The van der Waals surface area contributed by atoms with E-state index in [9.17, 15) is 28.8 Å². The van der Waals surface area contributed by atoms with Crippen molar-refractivity contribution in [2.45, 2.75) is 157 Å². The Morgan fingerprint density at radius 3 is 2.39 bits per heavy atom. The number of methoxy groups -OCH3 is 1. The summed E-state index contributed by atoms with van der Waals surface area (Å²) in [5, 5.41) is 20.8. The number of pyridine rings is 1. The van der Waals surface area contributed by atoms with Gasteiger partial charge in [0.25, 0.3) is 0 Å². The fourth-order valence-corrected chi connectivity index (χ4v) is 12.1. The number of imidazole rings is 1. The molecule has 4 aromatic rings. The number of carbonyl (C=O) groups is 4.